The zero-order valence-corrected chi connectivity index (χ0v) is 14.2. The lowest BCUT2D eigenvalue weighted by molar-refractivity contribution is -0.121. The highest BCUT2D eigenvalue weighted by atomic mass is 79.9. The van der Waals surface area contributed by atoms with Gasteiger partial charge in [0.1, 0.15) is 9.99 Å². The Morgan fingerprint density at radius 1 is 1.53 bits per heavy atom. The number of hydrogen-bond donors (Lipinski definition) is 0. The number of rotatable bonds is 3. The smallest absolute Gasteiger partial charge is 0.253 e. The zero-order chi connectivity index (χ0) is 14.2. The van der Waals surface area contributed by atoms with E-state index in [2.05, 4.69) is 15.9 Å². The number of piperidine rings is 1. The third-order valence-corrected chi connectivity index (χ3v) is 7.94. The van der Waals surface area contributed by atoms with Crippen molar-refractivity contribution in [3.63, 3.8) is 0 Å². The number of carbonyl (C=O) groups is 1. The summed E-state index contributed by atoms with van der Waals surface area (Å²) in [5, 5.41) is 0.375. The molecule has 1 aliphatic heterocycles. The van der Waals surface area contributed by atoms with Gasteiger partial charge in [-0.2, -0.15) is 4.31 Å². The van der Waals surface area contributed by atoms with Crippen LogP contribution in [0.5, 0.6) is 0 Å². The highest BCUT2D eigenvalue weighted by molar-refractivity contribution is 9.11. The molecular formula is C11H13BrClNO3S2. The monoisotopic (exact) mass is 385 g/mol. The highest BCUT2D eigenvalue weighted by Gasteiger charge is 2.37. The van der Waals surface area contributed by atoms with E-state index in [9.17, 15) is 13.2 Å². The molecule has 0 N–H and O–H groups in total. The Labute approximate surface area is 129 Å². The van der Waals surface area contributed by atoms with Gasteiger partial charge < -0.3 is 0 Å². The molecule has 0 radical (unpaired) electrons. The number of Topliss-reactive ketones (excluding diaryl/α,β-unsaturated/α-hetero) is 1. The van der Waals surface area contributed by atoms with Gasteiger partial charge in [-0.05, 0) is 41.8 Å². The Balaban J connectivity index is 2.39. The molecule has 1 atom stereocenters. The summed E-state index contributed by atoms with van der Waals surface area (Å²) in [6.07, 6.45) is 2.25. The van der Waals surface area contributed by atoms with Crippen LogP contribution in [0.4, 0.5) is 0 Å². The first kappa shape index (κ1) is 15.4. The van der Waals surface area contributed by atoms with Crippen LogP contribution in [0.1, 0.15) is 26.2 Å². The van der Waals surface area contributed by atoms with Crippen molar-refractivity contribution in [1.82, 2.24) is 4.31 Å². The van der Waals surface area contributed by atoms with Gasteiger partial charge in [-0.25, -0.2) is 8.42 Å². The first-order valence-corrected chi connectivity index (χ1v) is 9.24. The molecule has 2 rings (SSSR count). The predicted molar refractivity (Wildman–Crippen MR) is 79.2 cm³/mol. The van der Waals surface area contributed by atoms with Crippen LogP contribution in [0.15, 0.2) is 14.1 Å². The Morgan fingerprint density at radius 2 is 2.21 bits per heavy atom. The fraction of sp³-hybridized carbons (Fsp3) is 0.545. The summed E-state index contributed by atoms with van der Waals surface area (Å²) in [5.41, 5.74) is 0. The van der Waals surface area contributed by atoms with Gasteiger partial charge in [-0.15, -0.1) is 11.3 Å². The predicted octanol–water partition coefficient (Wildman–Crippen LogP) is 3.30. The summed E-state index contributed by atoms with van der Waals surface area (Å²) in [5.74, 6) is -0.106. The summed E-state index contributed by atoms with van der Waals surface area (Å²) in [6, 6.07) is 0.885. The standard InChI is InChI=1S/C11H13BrClNO3S2/c1-7(15)9-4-2-3-5-14(9)19(16,17)10-6-8(13)11(12)18-10/h6,9H,2-5H2,1H3. The van der Waals surface area contributed by atoms with Crippen molar-refractivity contribution < 1.29 is 13.2 Å². The van der Waals surface area contributed by atoms with Crippen molar-refractivity contribution in [3.8, 4) is 0 Å². The molecule has 1 aromatic heterocycles. The molecule has 1 saturated heterocycles. The Morgan fingerprint density at radius 3 is 2.74 bits per heavy atom. The maximum atomic E-state index is 12.6. The summed E-state index contributed by atoms with van der Waals surface area (Å²) >= 11 is 10.2. The number of ketones is 1. The topological polar surface area (TPSA) is 54.5 Å². The van der Waals surface area contributed by atoms with Gasteiger partial charge in [0.2, 0.25) is 0 Å². The molecule has 19 heavy (non-hydrogen) atoms. The van der Waals surface area contributed by atoms with E-state index in [0.717, 1.165) is 24.2 Å². The molecule has 1 aliphatic rings. The number of hydrogen-bond acceptors (Lipinski definition) is 4. The van der Waals surface area contributed by atoms with Crippen LogP contribution in [-0.2, 0) is 14.8 Å². The van der Waals surface area contributed by atoms with Crippen molar-refractivity contribution in [2.45, 2.75) is 36.4 Å². The zero-order valence-electron chi connectivity index (χ0n) is 10.2. The molecular weight excluding hydrogens is 374 g/mol. The summed E-state index contributed by atoms with van der Waals surface area (Å²) in [6.45, 7) is 1.83. The molecule has 0 saturated carbocycles. The van der Waals surface area contributed by atoms with E-state index in [4.69, 9.17) is 11.6 Å². The van der Waals surface area contributed by atoms with Gasteiger partial charge in [0, 0.05) is 6.54 Å². The number of halogens is 2. The van der Waals surface area contributed by atoms with Crippen molar-refractivity contribution in [3.05, 3.63) is 14.9 Å². The molecule has 0 amide bonds. The SMILES string of the molecule is CC(=O)C1CCCCN1S(=O)(=O)c1cc(Cl)c(Br)s1. The van der Waals surface area contributed by atoms with E-state index in [-0.39, 0.29) is 9.99 Å². The Hall–Kier alpha value is 0.0500. The molecule has 1 unspecified atom stereocenters. The second-order valence-electron chi connectivity index (χ2n) is 4.43. The number of carbonyl (C=O) groups excluding carboxylic acids is 1. The maximum Gasteiger partial charge on any atom is 0.253 e. The molecule has 0 aliphatic carbocycles. The number of thiophene rings is 1. The van der Waals surface area contributed by atoms with Crippen LogP contribution in [0.2, 0.25) is 5.02 Å². The van der Waals surface area contributed by atoms with Gasteiger partial charge in [-0.1, -0.05) is 18.0 Å². The van der Waals surface area contributed by atoms with E-state index >= 15 is 0 Å². The van der Waals surface area contributed by atoms with Crippen molar-refractivity contribution in [2.75, 3.05) is 6.54 Å². The van der Waals surface area contributed by atoms with Crippen molar-refractivity contribution in [1.29, 1.82) is 0 Å². The van der Waals surface area contributed by atoms with Crippen molar-refractivity contribution in [2.24, 2.45) is 0 Å². The molecule has 8 heteroatoms. The van der Waals surface area contributed by atoms with Gasteiger partial charge in [0.05, 0.1) is 14.9 Å². The first-order valence-electron chi connectivity index (χ1n) is 5.81. The molecule has 0 aromatic carbocycles. The van der Waals surface area contributed by atoms with Crippen LogP contribution < -0.4 is 0 Å². The average molecular weight is 387 g/mol. The minimum atomic E-state index is -3.64. The molecule has 1 aromatic rings. The van der Waals surface area contributed by atoms with E-state index in [1.165, 1.54) is 17.3 Å². The van der Waals surface area contributed by atoms with Gasteiger partial charge in [0.25, 0.3) is 10.0 Å². The lowest BCUT2D eigenvalue weighted by Gasteiger charge is -2.32. The summed E-state index contributed by atoms with van der Waals surface area (Å²) < 4.78 is 27.2. The lowest BCUT2D eigenvalue weighted by Crippen LogP contribution is -2.46. The van der Waals surface area contributed by atoms with E-state index in [0.29, 0.717) is 21.8 Å². The van der Waals surface area contributed by atoms with Crippen LogP contribution in [0.3, 0.4) is 0 Å². The van der Waals surface area contributed by atoms with Gasteiger partial charge in [0.15, 0.2) is 0 Å². The minimum absolute atomic E-state index is 0.106. The fourth-order valence-corrected chi connectivity index (χ4v) is 6.41. The molecule has 0 bridgehead atoms. The average Bonchev–Trinajstić information content (AvgIpc) is 2.70. The van der Waals surface area contributed by atoms with Gasteiger partial charge in [-0.3, -0.25) is 4.79 Å². The van der Waals surface area contributed by atoms with Crippen LogP contribution in [0, 0.1) is 0 Å². The third-order valence-electron chi connectivity index (χ3n) is 3.11. The summed E-state index contributed by atoms with van der Waals surface area (Å²) in [4.78, 5) is 11.6. The molecule has 0 spiro atoms. The minimum Gasteiger partial charge on any atom is -0.298 e. The largest absolute Gasteiger partial charge is 0.298 e. The number of nitrogens with zero attached hydrogens (tertiary/aromatic N) is 1. The van der Waals surface area contributed by atoms with Crippen LogP contribution in [0.25, 0.3) is 0 Å². The Kier molecular flexibility index (Phi) is 4.72. The fourth-order valence-electron chi connectivity index (χ4n) is 2.17. The Bertz CT molecular complexity index is 580. The molecule has 4 nitrogen and oxygen atoms in total. The molecule has 1 fully saturated rings. The maximum absolute atomic E-state index is 12.6. The molecule has 106 valence electrons. The second kappa shape index (κ2) is 5.81. The van der Waals surface area contributed by atoms with Crippen LogP contribution >= 0.6 is 38.9 Å². The van der Waals surface area contributed by atoms with E-state index in [1.807, 2.05) is 0 Å². The first-order chi connectivity index (χ1) is 8.84. The highest BCUT2D eigenvalue weighted by Crippen LogP contribution is 2.37. The quantitative estimate of drug-likeness (QED) is 0.801. The normalized spacial score (nSPS) is 21.5. The van der Waals surface area contributed by atoms with E-state index < -0.39 is 16.1 Å². The molecule has 2 heterocycles. The second-order valence-corrected chi connectivity index (χ2v) is 9.32. The van der Waals surface area contributed by atoms with E-state index in [1.54, 1.807) is 0 Å². The van der Waals surface area contributed by atoms with Gasteiger partial charge >= 0.3 is 0 Å². The summed E-state index contributed by atoms with van der Waals surface area (Å²) in [7, 11) is -3.64. The number of sulfonamides is 1. The van der Waals surface area contributed by atoms with Crippen LogP contribution in [-0.4, -0.2) is 31.1 Å². The van der Waals surface area contributed by atoms with Crippen molar-refractivity contribution >= 4 is 54.7 Å². The third kappa shape index (κ3) is 3.05. The lowest BCUT2D eigenvalue weighted by atomic mass is 10.0.